The van der Waals surface area contributed by atoms with E-state index in [0.29, 0.717) is 31.4 Å². The Bertz CT molecular complexity index is 750. The molecule has 1 aromatic carbocycles. The lowest BCUT2D eigenvalue weighted by Gasteiger charge is -2.27. The van der Waals surface area contributed by atoms with Crippen molar-refractivity contribution in [1.82, 2.24) is 9.80 Å². The first kappa shape index (κ1) is 17.3. The summed E-state index contributed by atoms with van der Waals surface area (Å²) in [7, 11) is 0. The second-order valence-electron chi connectivity index (χ2n) is 8.53. The minimum absolute atomic E-state index is 0.180. The molecule has 4 unspecified atom stereocenters. The molecule has 0 aromatic heterocycles. The van der Waals surface area contributed by atoms with Crippen molar-refractivity contribution >= 4 is 11.7 Å². The molecular weight excluding hydrogens is 355 g/mol. The van der Waals surface area contributed by atoms with Crippen LogP contribution in [0.5, 0.6) is 0 Å². The smallest absolute Gasteiger partial charge is 0.321 e. The van der Waals surface area contributed by atoms with E-state index >= 15 is 0 Å². The summed E-state index contributed by atoms with van der Waals surface area (Å²) in [4.78, 5) is 18.5. The Morgan fingerprint density at radius 1 is 1.07 bits per heavy atom. The molecule has 2 amide bonds. The van der Waals surface area contributed by atoms with Crippen molar-refractivity contribution in [2.45, 2.75) is 31.5 Å². The number of carbonyl (C=O) groups excluding carboxylic acids is 1. The summed E-state index contributed by atoms with van der Waals surface area (Å²) in [5, 5.41) is 0. The maximum absolute atomic E-state index is 12.9. The number of alkyl halides is 3. The minimum Gasteiger partial charge on any atom is -0.321 e. The van der Waals surface area contributed by atoms with Crippen LogP contribution in [0.3, 0.4) is 0 Å². The molecule has 4 fully saturated rings. The molecule has 0 radical (unpaired) electrons. The van der Waals surface area contributed by atoms with E-state index in [-0.39, 0.29) is 6.03 Å². The maximum atomic E-state index is 12.9. The van der Waals surface area contributed by atoms with Crippen LogP contribution < -0.4 is 4.90 Å². The standard InChI is InChI=1S/C20H24F3N3O/c21-20(22,23)15-2-1-3-16(11-15)26-7-6-24(19(26)27)4-5-25-12-14-8-13-9-17(14)18(25)10-13/h1-3,11,13-14,17-18H,4-10,12H2. The quantitative estimate of drug-likeness (QED) is 0.798. The molecule has 2 aliphatic heterocycles. The average molecular weight is 379 g/mol. The molecule has 4 nitrogen and oxygen atoms in total. The lowest BCUT2D eigenvalue weighted by atomic mass is 9.90. The molecule has 27 heavy (non-hydrogen) atoms. The van der Waals surface area contributed by atoms with E-state index in [1.165, 1.54) is 30.2 Å². The van der Waals surface area contributed by atoms with Crippen molar-refractivity contribution < 1.29 is 18.0 Å². The second-order valence-corrected chi connectivity index (χ2v) is 8.53. The number of benzene rings is 1. The van der Waals surface area contributed by atoms with Gasteiger partial charge in [0, 0.05) is 44.5 Å². The number of anilines is 1. The molecule has 2 saturated heterocycles. The zero-order valence-corrected chi connectivity index (χ0v) is 15.2. The van der Waals surface area contributed by atoms with Gasteiger partial charge in [0.1, 0.15) is 0 Å². The van der Waals surface area contributed by atoms with Gasteiger partial charge in [-0.1, -0.05) is 6.07 Å². The van der Waals surface area contributed by atoms with Crippen molar-refractivity contribution in [3.8, 4) is 0 Å². The van der Waals surface area contributed by atoms with E-state index in [4.69, 9.17) is 0 Å². The lowest BCUT2D eigenvalue weighted by molar-refractivity contribution is -0.137. The van der Waals surface area contributed by atoms with Crippen molar-refractivity contribution in [2.75, 3.05) is 37.6 Å². The van der Waals surface area contributed by atoms with Crippen molar-refractivity contribution in [2.24, 2.45) is 17.8 Å². The van der Waals surface area contributed by atoms with Gasteiger partial charge >= 0.3 is 12.2 Å². The van der Waals surface area contributed by atoms with Crippen molar-refractivity contribution in [3.63, 3.8) is 0 Å². The fourth-order valence-corrected chi connectivity index (χ4v) is 5.91. The highest BCUT2D eigenvalue weighted by Gasteiger charge is 2.53. The number of halogens is 3. The molecule has 5 rings (SSSR count). The lowest BCUT2D eigenvalue weighted by Crippen LogP contribution is -2.40. The zero-order chi connectivity index (χ0) is 18.8. The van der Waals surface area contributed by atoms with Crippen LogP contribution in [0.1, 0.15) is 24.8 Å². The van der Waals surface area contributed by atoms with Crippen LogP contribution >= 0.6 is 0 Å². The summed E-state index contributed by atoms with van der Waals surface area (Å²) in [5.41, 5.74) is -0.384. The van der Waals surface area contributed by atoms with Gasteiger partial charge in [-0.25, -0.2) is 4.79 Å². The van der Waals surface area contributed by atoms with Crippen LogP contribution in [0.2, 0.25) is 0 Å². The predicted octanol–water partition coefficient (Wildman–Crippen LogP) is 3.68. The Morgan fingerprint density at radius 3 is 2.67 bits per heavy atom. The molecular formula is C20H24F3N3O. The molecule has 2 heterocycles. The fraction of sp³-hybridized carbons (Fsp3) is 0.650. The van der Waals surface area contributed by atoms with Gasteiger partial charge < -0.3 is 4.90 Å². The Kier molecular flexibility index (Phi) is 3.93. The monoisotopic (exact) mass is 379 g/mol. The zero-order valence-electron chi connectivity index (χ0n) is 15.2. The van der Waals surface area contributed by atoms with E-state index in [0.717, 1.165) is 43.0 Å². The third kappa shape index (κ3) is 2.91. The number of amides is 2. The molecule has 2 saturated carbocycles. The summed E-state index contributed by atoms with van der Waals surface area (Å²) in [6.07, 6.45) is -0.320. The van der Waals surface area contributed by atoms with Crippen LogP contribution in [0.25, 0.3) is 0 Å². The largest absolute Gasteiger partial charge is 0.416 e. The Morgan fingerprint density at radius 2 is 1.93 bits per heavy atom. The van der Waals surface area contributed by atoms with Crippen LogP contribution in [0, 0.1) is 17.8 Å². The van der Waals surface area contributed by atoms with E-state index in [9.17, 15) is 18.0 Å². The van der Waals surface area contributed by atoms with Crippen LogP contribution in [0.15, 0.2) is 24.3 Å². The highest BCUT2D eigenvalue weighted by molar-refractivity contribution is 5.94. The molecule has 7 heteroatoms. The van der Waals surface area contributed by atoms with Crippen molar-refractivity contribution in [3.05, 3.63) is 29.8 Å². The fourth-order valence-electron chi connectivity index (χ4n) is 5.91. The Balaban J connectivity index is 1.22. The highest BCUT2D eigenvalue weighted by atomic mass is 19.4. The molecule has 0 N–H and O–H groups in total. The molecule has 1 aromatic rings. The van der Waals surface area contributed by atoms with Gasteiger partial charge in [-0.05, 0) is 55.2 Å². The molecule has 146 valence electrons. The van der Waals surface area contributed by atoms with Gasteiger partial charge in [-0.15, -0.1) is 0 Å². The van der Waals surface area contributed by atoms with E-state index in [2.05, 4.69) is 4.90 Å². The van der Waals surface area contributed by atoms with Gasteiger partial charge in [-0.3, -0.25) is 9.80 Å². The average Bonchev–Trinajstić information content (AvgIpc) is 3.34. The molecule has 4 aliphatic rings. The normalized spacial score (nSPS) is 32.9. The summed E-state index contributed by atoms with van der Waals surface area (Å²) >= 11 is 0. The van der Waals surface area contributed by atoms with E-state index in [1.54, 1.807) is 11.0 Å². The number of fused-ring (bicyclic) bond motifs is 1. The van der Waals surface area contributed by atoms with Gasteiger partial charge in [0.2, 0.25) is 0 Å². The first-order chi connectivity index (χ1) is 12.9. The number of hydrogen-bond donors (Lipinski definition) is 0. The number of nitrogens with zero attached hydrogens (tertiary/aromatic N) is 3. The highest BCUT2D eigenvalue weighted by Crippen LogP contribution is 2.54. The second kappa shape index (κ2) is 6.12. The summed E-state index contributed by atoms with van der Waals surface area (Å²) in [6.45, 7) is 3.71. The molecule has 2 aliphatic carbocycles. The van der Waals surface area contributed by atoms with Crippen LogP contribution in [-0.4, -0.2) is 54.6 Å². The summed E-state index contributed by atoms with van der Waals surface area (Å²) in [5.74, 6) is 2.63. The topological polar surface area (TPSA) is 26.8 Å². The summed E-state index contributed by atoms with van der Waals surface area (Å²) < 4.78 is 38.8. The Labute approximate surface area is 156 Å². The van der Waals surface area contributed by atoms with E-state index in [1.807, 2.05) is 0 Å². The first-order valence-electron chi connectivity index (χ1n) is 9.88. The predicted molar refractivity (Wildman–Crippen MR) is 95.4 cm³/mol. The van der Waals surface area contributed by atoms with Gasteiger partial charge in [-0.2, -0.15) is 13.2 Å². The number of carbonyl (C=O) groups is 1. The Hall–Kier alpha value is -1.76. The number of likely N-dealkylation sites (tertiary alicyclic amines) is 1. The van der Waals surface area contributed by atoms with E-state index < -0.39 is 11.7 Å². The van der Waals surface area contributed by atoms with Crippen molar-refractivity contribution in [1.29, 1.82) is 0 Å². The SMILES string of the molecule is O=C1N(CCN2CC3CC4CC3C2C4)CCN1c1cccc(C(F)(F)F)c1. The van der Waals surface area contributed by atoms with Crippen LogP contribution in [0.4, 0.5) is 23.7 Å². The van der Waals surface area contributed by atoms with Crippen LogP contribution in [-0.2, 0) is 6.18 Å². The van der Waals surface area contributed by atoms with Gasteiger partial charge in [0.05, 0.1) is 5.56 Å². The summed E-state index contributed by atoms with van der Waals surface area (Å²) in [6, 6.07) is 5.57. The number of rotatable bonds is 4. The number of urea groups is 1. The maximum Gasteiger partial charge on any atom is 0.416 e. The van der Waals surface area contributed by atoms with Gasteiger partial charge in [0.15, 0.2) is 0 Å². The molecule has 0 spiro atoms. The first-order valence-corrected chi connectivity index (χ1v) is 9.88. The molecule has 4 atom stereocenters. The third-order valence-electron chi connectivity index (χ3n) is 7.09. The minimum atomic E-state index is -4.40. The van der Waals surface area contributed by atoms with Gasteiger partial charge in [0.25, 0.3) is 0 Å². The number of hydrogen-bond acceptors (Lipinski definition) is 2. The third-order valence-corrected chi connectivity index (χ3v) is 7.09. The molecule has 2 bridgehead atoms.